The topological polar surface area (TPSA) is 84.9 Å². The first kappa shape index (κ1) is 20.6. The number of ether oxygens (including phenoxy) is 2. The number of amides is 1. The fraction of sp³-hybridized carbons (Fsp3) is 0.316. The third-order valence-corrected chi connectivity index (χ3v) is 4.95. The van der Waals surface area contributed by atoms with Crippen molar-refractivity contribution in [1.29, 1.82) is 0 Å². The first-order chi connectivity index (χ1) is 12.8. The molecule has 2 aromatic rings. The highest BCUT2D eigenvalue weighted by atomic mass is 32.2. The number of rotatable bonds is 9. The van der Waals surface area contributed by atoms with Gasteiger partial charge in [-0.25, -0.2) is 8.42 Å². The summed E-state index contributed by atoms with van der Waals surface area (Å²) in [6.45, 7) is 1.97. The van der Waals surface area contributed by atoms with Crippen molar-refractivity contribution in [1.82, 2.24) is 5.32 Å². The highest BCUT2D eigenvalue weighted by Gasteiger charge is 2.21. The lowest BCUT2D eigenvalue weighted by molar-refractivity contribution is -0.119. The molecule has 0 atom stereocenters. The van der Waals surface area contributed by atoms with Crippen molar-refractivity contribution >= 4 is 21.6 Å². The molecule has 2 aromatic carbocycles. The van der Waals surface area contributed by atoms with Crippen LogP contribution in [0.1, 0.15) is 5.56 Å². The van der Waals surface area contributed by atoms with Crippen LogP contribution in [0.4, 0.5) is 5.69 Å². The van der Waals surface area contributed by atoms with Crippen LogP contribution in [0.25, 0.3) is 0 Å². The second kappa shape index (κ2) is 9.27. The molecule has 0 saturated heterocycles. The molecule has 0 saturated carbocycles. The monoisotopic (exact) mass is 392 g/mol. The number of sulfonamides is 1. The predicted octanol–water partition coefficient (Wildman–Crippen LogP) is 1.96. The molecule has 146 valence electrons. The Bertz CT molecular complexity index is 883. The second-order valence-electron chi connectivity index (χ2n) is 5.91. The maximum absolute atomic E-state index is 12.2. The van der Waals surface area contributed by atoms with Gasteiger partial charge in [0.25, 0.3) is 0 Å². The first-order valence-electron chi connectivity index (χ1n) is 8.39. The molecule has 2 rings (SSSR count). The van der Waals surface area contributed by atoms with Crippen molar-refractivity contribution in [2.24, 2.45) is 0 Å². The fourth-order valence-electron chi connectivity index (χ4n) is 2.50. The van der Waals surface area contributed by atoms with Crippen molar-refractivity contribution in [2.45, 2.75) is 6.92 Å². The number of carbonyl (C=O) groups is 1. The van der Waals surface area contributed by atoms with Crippen LogP contribution in [0, 0.1) is 6.92 Å². The highest BCUT2D eigenvalue weighted by molar-refractivity contribution is 7.92. The molecule has 1 amide bonds. The number of hydrogen-bond donors (Lipinski definition) is 1. The Labute approximate surface area is 160 Å². The Kier molecular flexibility index (Phi) is 7.06. The minimum Gasteiger partial charge on any atom is -0.493 e. The van der Waals surface area contributed by atoms with E-state index in [1.54, 1.807) is 44.4 Å². The summed E-state index contributed by atoms with van der Waals surface area (Å²) in [4.78, 5) is 12.2. The summed E-state index contributed by atoms with van der Waals surface area (Å²) >= 11 is 0. The van der Waals surface area contributed by atoms with Crippen molar-refractivity contribution in [2.75, 3.05) is 37.4 Å². The minimum atomic E-state index is -3.59. The van der Waals surface area contributed by atoms with Gasteiger partial charge in [-0.2, -0.15) is 0 Å². The van der Waals surface area contributed by atoms with Crippen LogP contribution in [-0.4, -0.2) is 47.4 Å². The molecule has 0 heterocycles. The number of para-hydroxylation sites is 3. The smallest absolute Gasteiger partial charge is 0.240 e. The zero-order valence-corrected chi connectivity index (χ0v) is 16.5. The summed E-state index contributed by atoms with van der Waals surface area (Å²) in [7, 11) is -2.04. The van der Waals surface area contributed by atoms with Crippen molar-refractivity contribution in [3.8, 4) is 11.5 Å². The lowest BCUT2D eigenvalue weighted by atomic mass is 10.2. The Morgan fingerprint density at radius 3 is 2.33 bits per heavy atom. The number of hydrogen-bond acceptors (Lipinski definition) is 5. The van der Waals surface area contributed by atoms with Crippen LogP contribution in [0.15, 0.2) is 48.5 Å². The zero-order chi connectivity index (χ0) is 19.9. The number of benzene rings is 2. The van der Waals surface area contributed by atoms with E-state index in [4.69, 9.17) is 9.47 Å². The summed E-state index contributed by atoms with van der Waals surface area (Å²) < 4.78 is 36.1. The van der Waals surface area contributed by atoms with Gasteiger partial charge in [0.2, 0.25) is 15.9 Å². The standard InChI is InChI=1S/C19H24N2O5S/c1-15-8-4-5-9-16(15)21(27(3,23)24)14-19(22)20-12-13-26-18-11-7-6-10-17(18)25-2/h4-11H,12-14H2,1-3H3,(H,20,22). The van der Waals surface area contributed by atoms with Gasteiger partial charge in [-0.3, -0.25) is 9.10 Å². The molecule has 27 heavy (non-hydrogen) atoms. The van der Waals surface area contributed by atoms with E-state index in [1.807, 2.05) is 18.2 Å². The van der Waals surface area contributed by atoms with Gasteiger partial charge >= 0.3 is 0 Å². The van der Waals surface area contributed by atoms with E-state index in [9.17, 15) is 13.2 Å². The van der Waals surface area contributed by atoms with Crippen molar-refractivity contribution in [3.63, 3.8) is 0 Å². The van der Waals surface area contributed by atoms with Gasteiger partial charge in [0, 0.05) is 0 Å². The van der Waals surface area contributed by atoms with E-state index in [0.717, 1.165) is 16.1 Å². The molecule has 7 nitrogen and oxygen atoms in total. The molecular formula is C19H24N2O5S. The Morgan fingerprint density at radius 1 is 1.07 bits per heavy atom. The fourth-order valence-corrected chi connectivity index (χ4v) is 3.41. The van der Waals surface area contributed by atoms with Crippen molar-refractivity contribution in [3.05, 3.63) is 54.1 Å². The molecule has 0 aromatic heterocycles. The number of nitrogens with one attached hydrogen (secondary N) is 1. The molecule has 0 spiro atoms. The average molecular weight is 392 g/mol. The molecule has 0 aliphatic rings. The van der Waals surface area contributed by atoms with Crippen molar-refractivity contribution < 1.29 is 22.7 Å². The normalized spacial score (nSPS) is 10.9. The SMILES string of the molecule is COc1ccccc1OCCNC(=O)CN(c1ccccc1C)S(C)(=O)=O. The Morgan fingerprint density at radius 2 is 1.70 bits per heavy atom. The zero-order valence-electron chi connectivity index (χ0n) is 15.6. The van der Waals surface area contributed by atoms with Gasteiger partial charge in [0.05, 0.1) is 25.6 Å². The molecular weight excluding hydrogens is 368 g/mol. The first-order valence-corrected chi connectivity index (χ1v) is 10.2. The number of carbonyl (C=O) groups excluding carboxylic acids is 1. The van der Waals surface area contributed by atoms with Crippen LogP contribution >= 0.6 is 0 Å². The van der Waals surface area contributed by atoms with Gasteiger partial charge in [-0.05, 0) is 30.7 Å². The van der Waals surface area contributed by atoms with Crippen LogP contribution in [-0.2, 0) is 14.8 Å². The number of anilines is 1. The molecule has 0 bridgehead atoms. The molecule has 8 heteroatoms. The van der Waals surface area contributed by atoms with Gasteiger partial charge in [-0.1, -0.05) is 30.3 Å². The van der Waals surface area contributed by atoms with Gasteiger partial charge < -0.3 is 14.8 Å². The summed E-state index contributed by atoms with van der Waals surface area (Å²) in [5.41, 5.74) is 1.26. The maximum atomic E-state index is 12.2. The van der Waals surface area contributed by atoms with E-state index >= 15 is 0 Å². The van der Waals surface area contributed by atoms with E-state index in [2.05, 4.69) is 5.32 Å². The lowest BCUT2D eigenvalue weighted by Gasteiger charge is -2.23. The van der Waals surface area contributed by atoms with E-state index in [-0.39, 0.29) is 19.7 Å². The third kappa shape index (κ3) is 5.89. The van der Waals surface area contributed by atoms with E-state index in [0.29, 0.717) is 17.2 Å². The number of methoxy groups -OCH3 is 1. The summed E-state index contributed by atoms with van der Waals surface area (Å²) in [6, 6.07) is 14.2. The summed E-state index contributed by atoms with van der Waals surface area (Å²) in [5.74, 6) is 0.769. The molecule has 0 aliphatic heterocycles. The lowest BCUT2D eigenvalue weighted by Crippen LogP contribution is -2.41. The largest absolute Gasteiger partial charge is 0.493 e. The molecule has 0 unspecified atom stereocenters. The van der Waals surface area contributed by atoms with E-state index in [1.165, 1.54) is 0 Å². The molecule has 0 aliphatic carbocycles. The predicted molar refractivity (Wildman–Crippen MR) is 105 cm³/mol. The summed E-state index contributed by atoms with van der Waals surface area (Å²) in [6.07, 6.45) is 1.08. The third-order valence-electron chi connectivity index (χ3n) is 3.82. The minimum absolute atomic E-state index is 0.232. The molecule has 0 radical (unpaired) electrons. The van der Waals surface area contributed by atoms with Gasteiger partial charge in [-0.15, -0.1) is 0 Å². The van der Waals surface area contributed by atoms with Gasteiger partial charge in [0.15, 0.2) is 11.5 Å². The second-order valence-corrected chi connectivity index (χ2v) is 7.81. The van der Waals surface area contributed by atoms with Crippen LogP contribution < -0.4 is 19.1 Å². The average Bonchev–Trinajstić information content (AvgIpc) is 2.63. The van der Waals surface area contributed by atoms with Gasteiger partial charge in [0.1, 0.15) is 13.2 Å². The van der Waals surface area contributed by atoms with E-state index < -0.39 is 15.9 Å². The summed E-state index contributed by atoms with van der Waals surface area (Å²) in [5, 5.41) is 2.67. The molecule has 1 N–H and O–H groups in total. The van der Waals surface area contributed by atoms with Crippen LogP contribution in [0.2, 0.25) is 0 Å². The highest BCUT2D eigenvalue weighted by Crippen LogP contribution is 2.25. The number of aryl methyl sites for hydroxylation is 1. The Hall–Kier alpha value is -2.74. The number of nitrogens with zero attached hydrogens (tertiary/aromatic N) is 1. The van der Waals surface area contributed by atoms with Crippen LogP contribution in [0.5, 0.6) is 11.5 Å². The Balaban J connectivity index is 1.92. The molecule has 0 fully saturated rings. The van der Waals surface area contributed by atoms with Crippen LogP contribution in [0.3, 0.4) is 0 Å². The maximum Gasteiger partial charge on any atom is 0.240 e. The quantitative estimate of drug-likeness (QED) is 0.660.